The van der Waals surface area contributed by atoms with Crippen molar-refractivity contribution in [1.29, 1.82) is 0 Å². The minimum Gasteiger partial charge on any atom is -0.387 e. The number of carbonyl (C=O) groups excluding carboxylic acids is 1. The molecule has 2 fully saturated rings. The molecule has 0 aliphatic carbocycles. The van der Waals surface area contributed by atoms with Gasteiger partial charge < -0.3 is 44.8 Å². The number of nitrogens with one attached hydrogen (secondary N) is 2. The van der Waals surface area contributed by atoms with Crippen LogP contribution >= 0.6 is 26.8 Å². The molecule has 6 atom stereocenters. The van der Waals surface area contributed by atoms with Crippen molar-refractivity contribution in [1.82, 2.24) is 24.9 Å². The molecule has 0 saturated carbocycles. The first-order chi connectivity index (χ1) is 15.8. The second-order valence-corrected chi connectivity index (χ2v) is 12.1. The number of nitrogens with zero attached hydrogens (tertiary/aromatic N) is 4. The quantitative estimate of drug-likeness (QED) is 0.189. The number of carbonyl (C=O) groups is 1. The molecule has 2 saturated heterocycles. The van der Waals surface area contributed by atoms with Crippen LogP contribution in [0, 0.1) is 0 Å². The summed E-state index contributed by atoms with van der Waals surface area (Å²) < 4.78 is 34.4. The molecule has 2 aromatic heterocycles. The summed E-state index contributed by atoms with van der Waals surface area (Å²) in [6, 6.07) is -0.263. The smallest absolute Gasteiger partial charge is 0.340 e. The number of hydrogen-bond acceptors (Lipinski definition) is 11. The van der Waals surface area contributed by atoms with Crippen LogP contribution in [0.2, 0.25) is 5.28 Å². The summed E-state index contributed by atoms with van der Waals surface area (Å²) in [7, 11) is -9.53. The normalized spacial score (nSPS) is 29.4. The van der Waals surface area contributed by atoms with E-state index in [0.717, 1.165) is 0 Å². The highest BCUT2D eigenvalue weighted by atomic mass is 35.5. The van der Waals surface area contributed by atoms with Crippen molar-refractivity contribution in [3.05, 3.63) is 17.2 Å². The molecule has 1 unspecified atom stereocenters. The van der Waals surface area contributed by atoms with Gasteiger partial charge >= 0.3 is 15.2 Å². The zero-order valence-corrected chi connectivity index (χ0v) is 19.7. The number of rotatable bonds is 8. The van der Waals surface area contributed by atoms with Crippen LogP contribution < -0.4 is 10.6 Å². The van der Waals surface area contributed by atoms with Crippen LogP contribution in [0.3, 0.4) is 0 Å². The molecule has 0 aromatic carbocycles. The number of aromatic nitrogens is 4. The molecule has 34 heavy (non-hydrogen) atoms. The second-order valence-electron chi connectivity index (χ2n) is 7.81. The molecule has 2 aliphatic rings. The number of aliphatic hydroxyl groups excluding tert-OH is 2. The van der Waals surface area contributed by atoms with Gasteiger partial charge in [-0.25, -0.2) is 9.50 Å². The molecule has 2 aliphatic heterocycles. The molecule has 1 amide bonds. The standard InChI is InChI=1S/C15H21ClN6O10P2/c16-15-20-13(19-6-1-9(23)17-2-6)14-18-3-7(22(14)21-15)12-11(25)10(24)8(32-12)4-31-34(29,30)5-33(26,27)28/h3,6,8,10-12,24-25H,1-2,4-5H2,(H,17,23)(H,29,30)(H,19,20,21)(H2,26,27,28)/t6-,8+,10+,11+,12-/m0/s1. The van der Waals surface area contributed by atoms with Crippen LogP contribution in [0.15, 0.2) is 6.20 Å². The molecule has 188 valence electrons. The Morgan fingerprint density at radius 3 is 2.68 bits per heavy atom. The summed E-state index contributed by atoms with van der Waals surface area (Å²) in [5.41, 5.74) is 0.365. The van der Waals surface area contributed by atoms with Crippen LogP contribution in [-0.4, -0.2) is 93.8 Å². The summed E-state index contributed by atoms with van der Waals surface area (Å²) in [5.74, 6) is -1.31. The van der Waals surface area contributed by atoms with Gasteiger partial charge in [0.05, 0.1) is 24.5 Å². The Balaban J connectivity index is 1.53. The minimum atomic E-state index is -4.84. The van der Waals surface area contributed by atoms with Crippen molar-refractivity contribution in [2.45, 2.75) is 36.9 Å². The van der Waals surface area contributed by atoms with Crippen LogP contribution in [0.1, 0.15) is 18.2 Å². The average molecular weight is 543 g/mol. The maximum absolute atomic E-state index is 11.9. The van der Waals surface area contributed by atoms with E-state index in [0.29, 0.717) is 6.54 Å². The van der Waals surface area contributed by atoms with E-state index < -0.39 is 52.1 Å². The maximum atomic E-state index is 11.9. The Morgan fingerprint density at radius 1 is 1.29 bits per heavy atom. The van der Waals surface area contributed by atoms with E-state index in [-0.39, 0.29) is 40.8 Å². The number of halogens is 1. The number of amides is 1. The largest absolute Gasteiger partial charge is 0.387 e. The molecule has 16 nitrogen and oxygen atoms in total. The zero-order chi connectivity index (χ0) is 24.8. The van der Waals surface area contributed by atoms with Gasteiger partial charge in [-0.15, -0.1) is 5.10 Å². The van der Waals surface area contributed by atoms with Crippen LogP contribution in [0.25, 0.3) is 5.65 Å². The zero-order valence-electron chi connectivity index (χ0n) is 17.1. The van der Waals surface area contributed by atoms with E-state index >= 15 is 0 Å². The first-order valence-corrected chi connectivity index (χ1v) is 13.7. The minimum absolute atomic E-state index is 0.129. The first kappa shape index (κ1) is 25.4. The fraction of sp³-hybridized carbons (Fsp3) is 0.600. The van der Waals surface area contributed by atoms with E-state index in [1.165, 1.54) is 10.7 Å². The van der Waals surface area contributed by atoms with Crippen molar-refractivity contribution >= 4 is 44.2 Å². The van der Waals surface area contributed by atoms with Crippen molar-refractivity contribution < 1.29 is 48.1 Å². The van der Waals surface area contributed by atoms with Gasteiger partial charge in [0.1, 0.15) is 24.4 Å². The highest BCUT2D eigenvalue weighted by molar-refractivity contribution is 7.70. The summed E-state index contributed by atoms with van der Waals surface area (Å²) in [6.07, 6.45) is -4.11. The van der Waals surface area contributed by atoms with E-state index in [4.69, 9.17) is 30.6 Å². The van der Waals surface area contributed by atoms with Gasteiger partial charge in [0, 0.05) is 13.0 Å². The lowest BCUT2D eigenvalue weighted by Crippen LogP contribution is -2.33. The number of anilines is 1. The molecule has 0 spiro atoms. The van der Waals surface area contributed by atoms with Gasteiger partial charge in [-0.05, 0) is 11.6 Å². The lowest BCUT2D eigenvalue weighted by Gasteiger charge is -2.18. The Bertz CT molecular complexity index is 1190. The summed E-state index contributed by atoms with van der Waals surface area (Å²) in [6.45, 7) is -0.361. The predicted molar refractivity (Wildman–Crippen MR) is 113 cm³/mol. The Kier molecular flexibility index (Phi) is 7.01. The molecular formula is C15H21ClN6O10P2. The van der Waals surface area contributed by atoms with Gasteiger partial charge in [0.2, 0.25) is 11.2 Å². The number of ether oxygens (including phenoxy) is 1. The van der Waals surface area contributed by atoms with Gasteiger partial charge in [-0.2, -0.15) is 4.98 Å². The third kappa shape index (κ3) is 5.57. The van der Waals surface area contributed by atoms with Crippen LogP contribution in [0.4, 0.5) is 5.82 Å². The summed E-state index contributed by atoms with van der Waals surface area (Å²) in [4.78, 5) is 47.1. The molecule has 4 rings (SSSR count). The topological polar surface area (TPSA) is 238 Å². The van der Waals surface area contributed by atoms with E-state index in [1.54, 1.807) is 0 Å². The van der Waals surface area contributed by atoms with Crippen LogP contribution in [0.5, 0.6) is 0 Å². The molecule has 2 aromatic rings. The fourth-order valence-corrected chi connectivity index (χ4v) is 6.39. The Labute approximate surface area is 196 Å². The van der Waals surface area contributed by atoms with Crippen molar-refractivity contribution in [2.24, 2.45) is 0 Å². The lowest BCUT2D eigenvalue weighted by molar-refractivity contribution is -0.119. The predicted octanol–water partition coefficient (Wildman–Crippen LogP) is -1.42. The summed E-state index contributed by atoms with van der Waals surface area (Å²) >= 11 is 6.03. The van der Waals surface area contributed by atoms with Crippen LogP contribution in [-0.2, 0) is 23.2 Å². The SMILES string of the molecule is O=C1C[C@H](Nc2nc(Cl)nn3c([C@@H]4O[C@H](COP(=O)(O)CP(=O)(O)O)[C@@H](O)[C@H]4O)cnc23)CN1. The Hall–Kier alpha value is -1.71. The van der Waals surface area contributed by atoms with E-state index in [2.05, 4.69) is 25.7 Å². The number of imidazole rings is 1. The molecule has 7 N–H and O–H groups in total. The van der Waals surface area contributed by atoms with Gasteiger partial charge in [0.25, 0.3) is 0 Å². The molecule has 19 heteroatoms. The van der Waals surface area contributed by atoms with E-state index in [9.17, 15) is 29.0 Å². The molecule has 0 bridgehead atoms. The first-order valence-electron chi connectivity index (χ1n) is 9.80. The third-order valence-corrected chi connectivity index (χ3v) is 8.75. The summed E-state index contributed by atoms with van der Waals surface area (Å²) in [5, 5.41) is 30.4. The van der Waals surface area contributed by atoms with Crippen molar-refractivity contribution in [3.63, 3.8) is 0 Å². The Morgan fingerprint density at radius 2 is 2.03 bits per heavy atom. The maximum Gasteiger partial charge on any atom is 0.340 e. The fourth-order valence-electron chi connectivity index (χ4n) is 3.66. The number of aliphatic hydroxyl groups is 2. The highest BCUT2D eigenvalue weighted by Crippen LogP contribution is 2.55. The highest BCUT2D eigenvalue weighted by Gasteiger charge is 2.46. The lowest BCUT2D eigenvalue weighted by atomic mass is 10.1. The molecule has 4 heterocycles. The monoisotopic (exact) mass is 542 g/mol. The van der Waals surface area contributed by atoms with Gasteiger partial charge in [-0.3, -0.25) is 13.9 Å². The number of fused-ring (bicyclic) bond motifs is 1. The average Bonchev–Trinajstić information content (AvgIpc) is 3.38. The molecule has 0 radical (unpaired) electrons. The van der Waals surface area contributed by atoms with Crippen molar-refractivity contribution in [3.8, 4) is 0 Å². The van der Waals surface area contributed by atoms with Gasteiger partial charge in [-0.1, -0.05) is 0 Å². The van der Waals surface area contributed by atoms with Crippen molar-refractivity contribution in [2.75, 3.05) is 24.4 Å². The number of hydrogen-bond donors (Lipinski definition) is 7. The molecular weight excluding hydrogens is 522 g/mol. The van der Waals surface area contributed by atoms with E-state index in [1.807, 2.05) is 0 Å². The second kappa shape index (κ2) is 9.39. The van der Waals surface area contributed by atoms with Gasteiger partial charge in [0.15, 0.2) is 17.4 Å². The third-order valence-electron chi connectivity index (χ3n) is 5.14.